The van der Waals surface area contributed by atoms with Crippen LogP contribution >= 0.6 is 24.0 Å². The van der Waals surface area contributed by atoms with E-state index < -0.39 is 0 Å². The highest BCUT2D eigenvalue weighted by atomic mass is 127. The van der Waals surface area contributed by atoms with Gasteiger partial charge in [0.25, 0.3) is 5.69 Å². The van der Waals surface area contributed by atoms with Gasteiger partial charge in [-0.1, -0.05) is 18.2 Å². The third kappa shape index (κ3) is 4.66. The first-order valence-corrected chi connectivity index (χ1v) is 6.02. The topological polar surface area (TPSA) is 79.6 Å². The van der Waals surface area contributed by atoms with E-state index in [1.54, 1.807) is 12.1 Å². The van der Waals surface area contributed by atoms with Crippen LogP contribution in [0.1, 0.15) is 12.0 Å². The molecule has 1 aliphatic rings. The lowest BCUT2D eigenvalue weighted by molar-refractivity contribution is -0.385. The molecule has 0 radical (unpaired) electrons. The fraction of sp³-hybridized carbons (Fsp3) is 0.417. The van der Waals surface area contributed by atoms with Gasteiger partial charge in [-0.3, -0.25) is 15.1 Å². The van der Waals surface area contributed by atoms with Crippen molar-refractivity contribution in [1.29, 1.82) is 0 Å². The summed E-state index contributed by atoms with van der Waals surface area (Å²) in [6, 6.07) is 6.82. The van der Waals surface area contributed by atoms with Gasteiger partial charge in [0, 0.05) is 31.3 Å². The molecular formula is C12H17IN4O2. The molecule has 0 spiro atoms. The van der Waals surface area contributed by atoms with E-state index in [0.29, 0.717) is 13.0 Å². The Hall–Kier alpha value is -1.38. The fourth-order valence-corrected chi connectivity index (χ4v) is 1.87. The molecule has 0 aromatic heterocycles. The van der Waals surface area contributed by atoms with Crippen molar-refractivity contribution >= 4 is 35.6 Å². The van der Waals surface area contributed by atoms with Crippen molar-refractivity contribution in [3.05, 3.63) is 39.9 Å². The molecule has 1 aliphatic heterocycles. The van der Waals surface area contributed by atoms with Gasteiger partial charge < -0.3 is 10.6 Å². The number of nitro benzene ring substituents is 1. The molecule has 104 valence electrons. The summed E-state index contributed by atoms with van der Waals surface area (Å²) in [5, 5.41) is 17.1. The Labute approximate surface area is 128 Å². The lowest BCUT2D eigenvalue weighted by atomic mass is 10.1. The number of hydrogen-bond donors (Lipinski definition) is 2. The summed E-state index contributed by atoms with van der Waals surface area (Å²) in [4.78, 5) is 14.8. The summed E-state index contributed by atoms with van der Waals surface area (Å²) in [5.41, 5.74) is 0.921. The van der Waals surface area contributed by atoms with Crippen LogP contribution in [0, 0.1) is 10.1 Å². The number of para-hydroxylation sites is 1. The summed E-state index contributed by atoms with van der Waals surface area (Å²) in [7, 11) is 0. The quantitative estimate of drug-likeness (QED) is 0.476. The van der Waals surface area contributed by atoms with E-state index in [1.807, 2.05) is 6.07 Å². The predicted octanol–water partition coefficient (Wildman–Crippen LogP) is 1.69. The van der Waals surface area contributed by atoms with Gasteiger partial charge in [-0.05, 0) is 12.8 Å². The van der Waals surface area contributed by atoms with E-state index in [1.165, 1.54) is 6.07 Å². The monoisotopic (exact) mass is 376 g/mol. The molecule has 7 heteroatoms. The first kappa shape index (κ1) is 15.7. The zero-order valence-corrected chi connectivity index (χ0v) is 12.8. The standard InChI is InChI=1S/C12H16N4O2.HI/c17-16(18)11-5-2-1-4-10(11)6-9-15-12-13-7-3-8-14-12;/h1-2,4-5H,3,6-9H2,(H2,13,14,15);1H. The van der Waals surface area contributed by atoms with Gasteiger partial charge in [-0.25, -0.2) is 0 Å². The minimum absolute atomic E-state index is 0. The Balaban J connectivity index is 0.00000180. The number of aliphatic imine (C=N–C) groups is 1. The maximum absolute atomic E-state index is 10.8. The van der Waals surface area contributed by atoms with Gasteiger partial charge >= 0.3 is 0 Å². The molecule has 0 fully saturated rings. The maximum atomic E-state index is 10.8. The van der Waals surface area contributed by atoms with Gasteiger partial charge in [0.05, 0.1) is 4.92 Å². The van der Waals surface area contributed by atoms with E-state index in [2.05, 4.69) is 15.6 Å². The van der Waals surface area contributed by atoms with Crippen LogP contribution in [-0.4, -0.2) is 30.5 Å². The fourth-order valence-electron chi connectivity index (χ4n) is 1.87. The van der Waals surface area contributed by atoms with Crippen LogP contribution in [0.25, 0.3) is 0 Å². The summed E-state index contributed by atoms with van der Waals surface area (Å²) in [6.07, 6.45) is 1.66. The van der Waals surface area contributed by atoms with E-state index in [9.17, 15) is 10.1 Å². The Morgan fingerprint density at radius 1 is 1.42 bits per heavy atom. The number of rotatable bonds is 4. The third-order valence-corrected chi connectivity index (χ3v) is 2.77. The molecule has 6 nitrogen and oxygen atoms in total. The van der Waals surface area contributed by atoms with E-state index in [4.69, 9.17) is 0 Å². The van der Waals surface area contributed by atoms with Gasteiger partial charge in [-0.2, -0.15) is 0 Å². The molecule has 0 atom stereocenters. The van der Waals surface area contributed by atoms with Crippen LogP contribution in [0.3, 0.4) is 0 Å². The maximum Gasteiger partial charge on any atom is 0.272 e. The van der Waals surface area contributed by atoms with Crippen molar-refractivity contribution in [3.8, 4) is 0 Å². The highest BCUT2D eigenvalue weighted by Gasteiger charge is 2.11. The summed E-state index contributed by atoms with van der Waals surface area (Å²) >= 11 is 0. The highest BCUT2D eigenvalue weighted by Crippen LogP contribution is 2.17. The molecule has 0 amide bonds. The second kappa shape index (κ2) is 7.93. The number of nitrogens with one attached hydrogen (secondary N) is 2. The van der Waals surface area contributed by atoms with Crippen LogP contribution in [0.15, 0.2) is 29.3 Å². The Morgan fingerprint density at radius 2 is 2.21 bits per heavy atom. The number of nitrogens with zero attached hydrogens (tertiary/aromatic N) is 2. The average molecular weight is 376 g/mol. The molecule has 2 N–H and O–H groups in total. The lowest BCUT2D eigenvalue weighted by Crippen LogP contribution is -2.41. The smallest absolute Gasteiger partial charge is 0.272 e. The molecule has 1 aromatic carbocycles. The van der Waals surface area contributed by atoms with Gasteiger partial charge in [-0.15, -0.1) is 24.0 Å². The first-order valence-electron chi connectivity index (χ1n) is 6.02. The van der Waals surface area contributed by atoms with E-state index >= 15 is 0 Å². The minimum atomic E-state index is -0.342. The van der Waals surface area contributed by atoms with Crippen LogP contribution in [0.2, 0.25) is 0 Å². The molecule has 2 rings (SSSR count). The van der Waals surface area contributed by atoms with E-state index in [-0.39, 0.29) is 34.6 Å². The molecule has 1 aromatic rings. The summed E-state index contributed by atoms with van der Waals surface area (Å²) < 4.78 is 0. The second-order valence-corrected chi connectivity index (χ2v) is 4.07. The van der Waals surface area contributed by atoms with Crippen molar-refractivity contribution < 1.29 is 4.92 Å². The number of guanidine groups is 1. The second-order valence-electron chi connectivity index (χ2n) is 4.07. The van der Waals surface area contributed by atoms with Crippen LogP contribution < -0.4 is 10.6 Å². The zero-order chi connectivity index (χ0) is 12.8. The van der Waals surface area contributed by atoms with Crippen LogP contribution in [0.5, 0.6) is 0 Å². The number of halogens is 1. The lowest BCUT2D eigenvalue weighted by Gasteiger charge is -2.15. The molecule has 0 saturated carbocycles. The van der Waals surface area contributed by atoms with Crippen molar-refractivity contribution in [2.75, 3.05) is 19.6 Å². The summed E-state index contributed by atoms with van der Waals surface area (Å²) in [5.74, 6) is 0.792. The third-order valence-electron chi connectivity index (χ3n) is 2.77. The van der Waals surface area contributed by atoms with Crippen LogP contribution in [-0.2, 0) is 6.42 Å². The Morgan fingerprint density at radius 3 is 2.89 bits per heavy atom. The average Bonchev–Trinajstić information content (AvgIpc) is 2.40. The first-order chi connectivity index (χ1) is 8.77. The molecule has 0 aliphatic carbocycles. The number of benzene rings is 1. The van der Waals surface area contributed by atoms with Crippen molar-refractivity contribution in [2.24, 2.45) is 4.99 Å². The number of hydrogen-bond acceptors (Lipinski definition) is 5. The van der Waals surface area contributed by atoms with Crippen molar-refractivity contribution in [1.82, 2.24) is 10.6 Å². The van der Waals surface area contributed by atoms with Crippen molar-refractivity contribution in [2.45, 2.75) is 12.8 Å². The molecule has 1 heterocycles. The highest BCUT2D eigenvalue weighted by molar-refractivity contribution is 14.0. The van der Waals surface area contributed by atoms with Gasteiger partial charge in [0.1, 0.15) is 0 Å². The summed E-state index contributed by atoms with van der Waals surface area (Å²) in [6.45, 7) is 2.40. The van der Waals surface area contributed by atoms with E-state index in [0.717, 1.165) is 31.0 Å². The zero-order valence-electron chi connectivity index (χ0n) is 10.5. The molecule has 19 heavy (non-hydrogen) atoms. The predicted molar refractivity (Wildman–Crippen MR) is 85.1 cm³/mol. The van der Waals surface area contributed by atoms with Gasteiger partial charge in [0.15, 0.2) is 5.96 Å². The molecular weight excluding hydrogens is 359 g/mol. The normalized spacial score (nSPS) is 13.8. The molecule has 0 bridgehead atoms. The largest absolute Gasteiger partial charge is 0.356 e. The minimum Gasteiger partial charge on any atom is -0.356 e. The molecule has 0 unspecified atom stereocenters. The number of nitro groups is 1. The Bertz CT molecular complexity index is 465. The molecule has 0 saturated heterocycles. The SMILES string of the molecule is I.O=[N+]([O-])c1ccccc1CCNC1=NCCCN1. The van der Waals surface area contributed by atoms with Gasteiger partial charge in [0.2, 0.25) is 0 Å². The van der Waals surface area contributed by atoms with Crippen LogP contribution in [0.4, 0.5) is 5.69 Å². The van der Waals surface area contributed by atoms with Crippen molar-refractivity contribution in [3.63, 3.8) is 0 Å². The Kier molecular flexibility index (Phi) is 6.54.